The van der Waals surface area contributed by atoms with E-state index in [2.05, 4.69) is 5.32 Å². The molecule has 0 heterocycles. The standard InChI is InChI=1S/C27H28Cl3N3O4S/c1-3-24(27(35)31-4-2)32(17-20-21(28)14-10-15-22(20)29)26(34)18-33(25-16-9-8-13-23(25)30)38(36,37)19-11-6-5-7-12-19/h5-16,24H,3-4,17-18H2,1-2H3,(H,31,35). The first kappa shape index (κ1) is 29.8. The number of para-hydroxylation sites is 1. The lowest BCUT2D eigenvalue weighted by Gasteiger charge is -2.33. The lowest BCUT2D eigenvalue weighted by atomic mass is 10.1. The van der Waals surface area contributed by atoms with Gasteiger partial charge in [0.05, 0.1) is 15.6 Å². The number of hydrogen-bond donors (Lipinski definition) is 1. The van der Waals surface area contributed by atoms with Gasteiger partial charge in [-0.3, -0.25) is 13.9 Å². The minimum absolute atomic E-state index is 0.0100. The van der Waals surface area contributed by atoms with Gasteiger partial charge in [0.15, 0.2) is 0 Å². The zero-order valence-corrected chi connectivity index (χ0v) is 24.0. The van der Waals surface area contributed by atoms with Crippen LogP contribution in [0.3, 0.4) is 0 Å². The quantitative estimate of drug-likeness (QED) is 0.304. The maximum absolute atomic E-state index is 14.0. The van der Waals surface area contributed by atoms with Crippen LogP contribution in [0.15, 0.2) is 77.7 Å². The number of halogens is 3. The van der Waals surface area contributed by atoms with Gasteiger partial charge < -0.3 is 10.2 Å². The van der Waals surface area contributed by atoms with Crippen LogP contribution in [0, 0.1) is 0 Å². The highest BCUT2D eigenvalue weighted by molar-refractivity contribution is 7.92. The average molecular weight is 597 g/mol. The number of carbonyl (C=O) groups is 2. The topological polar surface area (TPSA) is 86.8 Å². The molecule has 3 aromatic rings. The Morgan fingerprint density at radius 2 is 1.42 bits per heavy atom. The van der Waals surface area contributed by atoms with Crippen molar-refractivity contribution in [3.05, 3.63) is 93.4 Å². The van der Waals surface area contributed by atoms with Crippen LogP contribution in [-0.4, -0.2) is 44.3 Å². The molecule has 0 saturated carbocycles. The number of nitrogens with zero attached hydrogens (tertiary/aromatic N) is 2. The Kier molecular flexibility index (Phi) is 10.4. The van der Waals surface area contributed by atoms with Crippen molar-refractivity contribution in [3.8, 4) is 0 Å². The second-order valence-electron chi connectivity index (χ2n) is 8.32. The molecule has 3 aromatic carbocycles. The van der Waals surface area contributed by atoms with Crippen molar-refractivity contribution in [2.45, 2.75) is 37.8 Å². The molecule has 2 amide bonds. The molecule has 0 radical (unpaired) electrons. The predicted molar refractivity (Wildman–Crippen MR) is 152 cm³/mol. The molecular weight excluding hydrogens is 569 g/mol. The largest absolute Gasteiger partial charge is 0.355 e. The fourth-order valence-corrected chi connectivity index (χ4v) is 6.21. The van der Waals surface area contributed by atoms with Crippen molar-refractivity contribution in [2.24, 2.45) is 0 Å². The molecule has 0 spiro atoms. The van der Waals surface area contributed by atoms with Gasteiger partial charge in [0.2, 0.25) is 11.8 Å². The Labute approximate surface area is 238 Å². The second-order valence-corrected chi connectivity index (χ2v) is 11.4. The van der Waals surface area contributed by atoms with E-state index in [4.69, 9.17) is 34.8 Å². The Balaban J connectivity index is 2.10. The summed E-state index contributed by atoms with van der Waals surface area (Å²) in [4.78, 5) is 28.2. The number of sulfonamides is 1. The predicted octanol–water partition coefficient (Wildman–Crippen LogP) is 5.79. The number of rotatable bonds is 11. The number of benzene rings is 3. The van der Waals surface area contributed by atoms with Crippen LogP contribution in [-0.2, 0) is 26.2 Å². The Hall–Kier alpha value is -2.78. The van der Waals surface area contributed by atoms with E-state index in [0.717, 1.165) is 4.31 Å². The SMILES string of the molecule is CCNC(=O)C(CC)N(Cc1c(Cl)cccc1Cl)C(=O)CN(c1ccccc1Cl)S(=O)(=O)c1ccccc1. The molecule has 1 atom stereocenters. The van der Waals surface area contributed by atoms with Gasteiger partial charge in [0.25, 0.3) is 10.0 Å². The summed E-state index contributed by atoms with van der Waals surface area (Å²) in [5, 5.41) is 3.54. The zero-order chi connectivity index (χ0) is 27.9. The number of amides is 2. The van der Waals surface area contributed by atoms with Gasteiger partial charge in [0, 0.05) is 28.7 Å². The first-order valence-electron chi connectivity index (χ1n) is 11.9. The van der Waals surface area contributed by atoms with E-state index in [-0.39, 0.29) is 34.5 Å². The third-order valence-electron chi connectivity index (χ3n) is 5.86. The van der Waals surface area contributed by atoms with Crippen LogP contribution >= 0.6 is 34.8 Å². The van der Waals surface area contributed by atoms with Gasteiger partial charge in [-0.25, -0.2) is 8.42 Å². The lowest BCUT2D eigenvalue weighted by Crippen LogP contribution is -2.52. The second kappa shape index (κ2) is 13.3. The molecule has 1 unspecified atom stereocenters. The average Bonchev–Trinajstić information content (AvgIpc) is 2.89. The van der Waals surface area contributed by atoms with Crippen molar-refractivity contribution in [2.75, 3.05) is 17.4 Å². The van der Waals surface area contributed by atoms with Gasteiger partial charge >= 0.3 is 0 Å². The number of hydrogen-bond acceptors (Lipinski definition) is 4. The summed E-state index contributed by atoms with van der Waals surface area (Å²) in [7, 11) is -4.21. The first-order valence-corrected chi connectivity index (χ1v) is 14.5. The fourth-order valence-electron chi connectivity index (χ4n) is 3.95. The van der Waals surface area contributed by atoms with Gasteiger partial charge in [-0.2, -0.15) is 0 Å². The minimum Gasteiger partial charge on any atom is -0.355 e. The van der Waals surface area contributed by atoms with E-state index in [9.17, 15) is 18.0 Å². The molecule has 0 aliphatic rings. The van der Waals surface area contributed by atoms with E-state index in [1.54, 1.807) is 68.4 Å². The molecule has 7 nitrogen and oxygen atoms in total. The summed E-state index contributed by atoms with van der Waals surface area (Å²) < 4.78 is 28.5. The summed E-state index contributed by atoms with van der Waals surface area (Å²) >= 11 is 19.2. The highest BCUT2D eigenvalue weighted by atomic mass is 35.5. The number of carbonyl (C=O) groups excluding carboxylic acids is 2. The number of anilines is 1. The van der Waals surface area contributed by atoms with E-state index in [0.29, 0.717) is 22.2 Å². The highest BCUT2D eigenvalue weighted by Crippen LogP contribution is 2.31. The molecule has 0 bridgehead atoms. The third kappa shape index (κ3) is 6.80. The Morgan fingerprint density at radius 1 is 0.842 bits per heavy atom. The third-order valence-corrected chi connectivity index (χ3v) is 8.66. The van der Waals surface area contributed by atoms with Crippen molar-refractivity contribution < 1.29 is 18.0 Å². The molecule has 1 N–H and O–H groups in total. The monoisotopic (exact) mass is 595 g/mol. The highest BCUT2D eigenvalue weighted by Gasteiger charge is 2.34. The summed E-state index contributed by atoms with van der Waals surface area (Å²) in [5.74, 6) is -1.000. The van der Waals surface area contributed by atoms with Gasteiger partial charge in [0.1, 0.15) is 12.6 Å². The molecule has 0 fully saturated rings. The van der Waals surface area contributed by atoms with Gasteiger partial charge in [-0.05, 0) is 49.7 Å². The molecule has 202 valence electrons. The molecule has 3 rings (SSSR count). The summed E-state index contributed by atoms with van der Waals surface area (Å²) in [6.45, 7) is 3.18. The van der Waals surface area contributed by atoms with Crippen LogP contribution in [0.1, 0.15) is 25.8 Å². The fraction of sp³-hybridized carbons (Fsp3) is 0.259. The van der Waals surface area contributed by atoms with E-state index in [1.165, 1.54) is 23.1 Å². The van der Waals surface area contributed by atoms with E-state index in [1.807, 2.05) is 0 Å². The van der Waals surface area contributed by atoms with Crippen LogP contribution in [0.25, 0.3) is 0 Å². The van der Waals surface area contributed by atoms with Crippen LogP contribution in [0.4, 0.5) is 5.69 Å². The molecule has 11 heteroatoms. The van der Waals surface area contributed by atoms with Crippen LogP contribution in [0.2, 0.25) is 15.1 Å². The maximum atomic E-state index is 14.0. The van der Waals surface area contributed by atoms with Crippen LogP contribution < -0.4 is 9.62 Å². The number of likely N-dealkylation sites (N-methyl/N-ethyl adjacent to an activating group) is 1. The van der Waals surface area contributed by atoms with Gasteiger partial charge in [-0.15, -0.1) is 0 Å². The molecule has 38 heavy (non-hydrogen) atoms. The zero-order valence-electron chi connectivity index (χ0n) is 20.9. The van der Waals surface area contributed by atoms with E-state index >= 15 is 0 Å². The van der Waals surface area contributed by atoms with Crippen molar-refractivity contribution in [1.29, 1.82) is 0 Å². The molecular formula is C27H28Cl3N3O4S. The van der Waals surface area contributed by atoms with Crippen molar-refractivity contribution in [1.82, 2.24) is 10.2 Å². The smallest absolute Gasteiger partial charge is 0.264 e. The first-order chi connectivity index (χ1) is 18.1. The summed E-state index contributed by atoms with van der Waals surface area (Å²) in [6.07, 6.45) is 0.275. The summed E-state index contributed by atoms with van der Waals surface area (Å²) in [5.41, 5.74) is 0.579. The Morgan fingerprint density at radius 3 is 2.00 bits per heavy atom. The molecule has 0 aromatic heterocycles. The Bertz CT molecular complexity index is 1370. The molecule has 0 saturated heterocycles. The maximum Gasteiger partial charge on any atom is 0.264 e. The minimum atomic E-state index is -4.21. The van der Waals surface area contributed by atoms with Crippen molar-refractivity contribution in [3.63, 3.8) is 0 Å². The molecule has 0 aliphatic carbocycles. The van der Waals surface area contributed by atoms with E-state index < -0.39 is 28.5 Å². The normalized spacial score (nSPS) is 12.0. The number of nitrogens with one attached hydrogen (secondary N) is 1. The lowest BCUT2D eigenvalue weighted by molar-refractivity contribution is -0.140. The van der Waals surface area contributed by atoms with Crippen LogP contribution in [0.5, 0.6) is 0 Å². The van der Waals surface area contributed by atoms with Crippen molar-refractivity contribution >= 4 is 62.3 Å². The summed E-state index contributed by atoms with van der Waals surface area (Å²) in [6, 6.07) is 18.1. The molecule has 0 aliphatic heterocycles. The van der Waals surface area contributed by atoms with Gasteiger partial charge in [-0.1, -0.05) is 78.1 Å².